The number of nitrogens with one attached hydrogen (secondary N) is 2. The molecule has 7 rings (SSSR count). The van der Waals surface area contributed by atoms with Gasteiger partial charge in [-0.3, -0.25) is 24.5 Å². The number of imide groups is 1. The molecule has 4 aliphatic rings. The molecule has 1 aromatic heterocycles. The van der Waals surface area contributed by atoms with Crippen LogP contribution >= 0.6 is 15.9 Å². The van der Waals surface area contributed by atoms with Gasteiger partial charge in [0.05, 0.1) is 17.8 Å². The number of hydrogen-bond acceptors (Lipinski definition) is 8. The Morgan fingerprint density at radius 1 is 0.961 bits per heavy atom. The van der Waals surface area contributed by atoms with Gasteiger partial charge in [-0.15, -0.1) is 0 Å². The Kier molecular flexibility index (Phi) is 10.1. The van der Waals surface area contributed by atoms with Crippen molar-refractivity contribution in [3.8, 4) is 0 Å². The topological polar surface area (TPSA) is 120 Å². The molecule has 0 aliphatic carbocycles. The average molecular weight is 759 g/mol. The first-order valence-corrected chi connectivity index (χ1v) is 19.0. The molecule has 3 aromatic rings. The summed E-state index contributed by atoms with van der Waals surface area (Å²) < 4.78 is 1.81. The maximum Gasteiger partial charge on any atom is 0.282 e. The molecule has 5 heterocycles. The minimum absolute atomic E-state index is 0.115. The Bertz CT molecular complexity index is 1860. The molecule has 1 unspecified atom stereocenters. The van der Waals surface area contributed by atoms with Crippen molar-refractivity contribution in [2.75, 3.05) is 56.5 Å². The van der Waals surface area contributed by atoms with E-state index in [0.29, 0.717) is 28.9 Å². The second kappa shape index (κ2) is 14.5. The van der Waals surface area contributed by atoms with Crippen LogP contribution in [0.15, 0.2) is 57.9 Å². The van der Waals surface area contributed by atoms with Crippen LogP contribution in [0, 0.1) is 12.3 Å². The predicted molar refractivity (Wildman–Crippen MR) is 201 cm³/mol. The molecule has 0 saturated carbocycles. The first-order chi connectivity index (χ1) is 24.5. The molecule has 2 N–H and O–H groups in total. The summed E-state index contributed by atoms with van der Waals surface area (Å²) in [5.41, 5.74) is 6.07. The summed E-state index contributed by atoms with van der Waals surface area (Å²) >= 11 is 3.43. The van der Waals surface area contributed by atoms with E-state index in [0.717, 1.165) is 88.1 Å². The van der Waals surface area contributed by atoms with Gasteiger partial charge in [0.15, 0.2) is 0 Å². The van der Waals surface area contributed by atoms with Gasteiger partial charge >= 0.3 is 0 Å². The van der Waals surface area contributed by atoms with Crippen molar-refractivity contribution in [2.24, 2.45) is 12.5 Å². The van der Waals surface area contributed by atoms with E-state index in [-0.39, 0.29) is 40.7 Å². The lowest BCUT2D eigenvalue weighted by molar-refractivity contribution is -0.134. The van der Waals surface area contributed by atoms with Gasteiger partial charge < -0.3 is 20.0 Å². The van der Waals surface area contributed by atoms with Crippen LogP contribution in [0.3, 0.4) is 0 Å². The number of hydrogen-bond donors (Lipinski definition) is 2. The normalized spacial score (nSPS) is 24.0. The van der Waals surface area contributed by atoms with Gasteiger partial charge in [-0.1, -0.05) is 18.2 Å². The fourth-order valence-electron chi connectivity index (χ4n) is 8.74. The average Bonchev–Trinajstić information content (AvgIpc) is 3.12. The van der Waals surface area contributed by atoms with E-state index in [9.17, 15) is 19.2 Å². The number of piperidine rings is 4. The van der Waals surface area contributed by atoms with Gasteiger partial charge in [0, 0.05) is 70.0 Å². The van der Waals surface area contributed by atoms with E-state index in [1.807, 2.05) is 17.0 Å². The molecule has 2 aromatic carbocycles. The van der Waals surface area contributed by atoms with E-state index >= 15 is 0 Å². The molecule has 0 radical (unpaired) electrons. The van der Waals surface area contributed by atoms with Gasteiger partial charge in [0.2, 0.25) is 11.8 Å². The number of likely N-dealkylation sites (N-methyl/N-ethyl adjacent to an activating group) is 1. The van der Waals surface area contributed by atoms with Gasteiger partial charge in [-0.25, -0.2) is 4.68 Å². The van der Waals surface area contributed by atoms with Crippen LogP contribution in [0.4, 0.5) is 11.4 Å². The molecule has 51 heavy (non-hydrogen) atoms. The van der Waals surface area contributed by atoms with Crippen molar-refractivity contribution in [2.45, 2.75) is 69.7 Å². The fourth-order valence-corrected chi connectivity index (χ4v) is 9.21. The number of likely N-dealkylation sites (tertiary alicyclic amines) is 2. The Labute approximate surface area is 307 Å². The molecule has 4 saturated heterocycles. The van der Waals surface area contributed by atoms with Crippen molar-refractivity contribution in [1.82, 2.24) is 24.9 Å². The van der Waals surface area contributed by atoms with Crippen molar-refractivity contribution >= 4 is 45.0 Å². The van der Waals surface area contributed by atoms with Crippen LogP contribution in [-0.2, 0) is 16.6 Å². The highest BCUT2D eigenvalue weighted by Crippen LogP contribution is 2.43. The molecule has 4 aliphatic heterocycles. The van der Waals surface area contributed by atoms with E-state index < -0.39 is 0 Å². The summed E-state index contributed by atoms with van der Waals surface area (Å²) in [5, 5.41) is 10.2. The third-order valence-corrected chi connectivity index (χ3v) is 12.6. The first kappa shape index (κ1) is 35.4. The molecular formula is C39H48BrN7O4. The smallest absolute Gasteiger partial charge is 0.282 e. The highest BCUT2D eigenvalue weighted by atomic mass is 79.9. The number of amides is 3. The van der Waals surface area contributed by atoms with Gasteiger partial charge in [0.1, 0.15) is 4.47 Å². The van der Waals surface area contributed by atoms with Crippen molar-refractivity contribution in [3.63, 3.8) is 0 Å². The summed E-state index contributed by atoms with van der Waals surface area (Å²) in [6.45, 7) is 7.39. The molecule has 12 heteroatoms. The zero-order valence-corrected chi connectivity index (χ0v) is 31.4. The Hall–Kier alpha value is -4.03. The van der Waals surface area contributed by atoms with Crippen molar-refractivity contribution in [3.05, 3.63) is 85.7 Å². The zero-order chi connectivity index (χ0) is 35.9. The molecule has 11 nitrogen and oxygen atoms in total. The van der Waals surface area contributed by atoms with E-state index in [2.05, 4.69) is 85.8 Å². The summed E-state index contributed by atoms with van der Waals surface area (Å²) in [7, 11) is 3.76. The molecule has 4 fully saturated rings. The van der Waals surface area contributed by atoms with E-state index in [1.54, 1.807) is 13.2 Å². The number of carbonyl (C=O) groups excluding carboxylic acids is 3. The molecular weight excluding hydrogens is 710 g/mol. The van der Waals surface area contributed by atoms with Crippen LogP contribution in [0.25, 0.3) is 0 Å². The van der Waals surface area contributed by atoms with Crippen molar-refractivity contribution in [1.29, 1.82) is 0 Å². The lowest BCUT2D eigenvalue weighted by atomic mass is 9.71. The zero-order valence-electron chi connectivity index (χ0n) is 29.8. The summed E-state index contributed by atoms with van der Waals surface area (Å²) in [5.74, 6) is -0.218. The Balaban J connectivity index is 0.911. The first-order valence-electron chi connectivity index (χ1n) is 18.2. The standard InChI is InChI=1S/C39H48BrN7O4/c1-25-20-30(8-9-31(25)32-10-11-34(48)43-36(32)49)46-16-12-39(13-17-46)14-18-47(19-15-39)37(50)27-6-4-26(5-7-27)28-21-29(24-44(2)23-28)42-33-22-41-45(3)38(51)35(33)40/h4-9,20,22,28-29,32,42H,10-19,21,23-24H2,1-3H3,(H,43,48,49)/t28-,29+,32?/m0/s1. The number of benzene rings is 2. The number of carbonyl (C=O) groups is 3. The van der Waals surface area contributed by atoms with Crippen LogP contribution in [0.5, 0.6) is 0 Å². The highest BCUT2D eigenvalue weighted by Gasteiger charge is 2.39. The Morgan fingerprint density at radius 2 is 1.67 bits per heavy atom. The largest absolute Gasteiger partial charge is 0.379 e. The lowest BCUT2D eigenvalue weighted by Crippen LogP contribution is -2.48. The highest BCUT2D eigenvalue weighted by molar-refractivity contribution is 9.10. The fraction of sp³-hybridized carbons (Fsp3) is 0.513. The summed E-state index contributed by atoms with van der Waals surface area (Å²) in [6, 6.07) is 14.8. The second-order valence-electron chi connectivity index (χ2n) is 15.2. The van der Waals surface area contributed by atoms with Crippen LogP contribution in [0.2, 0.25) is 0 Å². The van der Waals surface area contributed by atoms with E-state index in [4.69, 9.17) is 0 Å². The maximum atomic E-state index is 13.6. The number of rotatable bonds is 6. The Morgan fingerprint density at radius 3 is 2.35 bits per heavy atom. The number of aryl methyl sites for hydroxylation is 2. The lowest BCUT2D eigenvalue weighted by Gasteiger charge is -2.47. The summed E-state index contributed by atoms with van der Waals surface area (Å²) in [6.07, 6.45) is 7.83. The van der Waals surface area contributed by atoms with Gasteiger partial charge in [0.25, 0.3) is 11.5 Å². The van der Waals surface area contributed by atoms with Crippen molar-refractivity contribution < 1.29 is 14.4 Å². The minimum Gasteiger partial charge on any atom is -0.379 e. The SMILES string of the molecule is Cc1cc(N2CCC3(CCN(C(=O)c4ccc([C@H]5C[C@@H](Nc6cnn(C)c(=O)c6Br)CN(C)C5)cc4)CC3)CC2)ccc1C1CCC(=O)NC1=O. The molecule has 1 spiro atoms. The second-order valence-corrected chi connectivity index (χ2v) is 16.0. The maximum absolute atomic E-state index is 13.6. The third-order valence-electron chi connectivity index (χ3n) is 11.9. The third kappa shape index (κ3) is 7.48. The quantitative estimate of drug-likeness (QED) is 0.345. The number of halogens is 1. The number of aromatic nitrogens is 2. The van der Waals surface area contributed by atoms with Crippen LogP contribution in [0.1, 0.15) is 83.8 Å². The van der Waals surface area contributed by atoms with Gasteiger partial charge in [-0.2, -0.15) is 5.10 Å². The molecule has 270 valence electrons. The molecule has 0 bridgehead atoms. The van der Waals surface area contributed by atoms with Crippen LogP contribution < -0.4 is 21.1 Å². The van der Waals surface area contributed by atoms with Gasteiger partial charge in [-0.05, 0) is 121 Å². The number of anilines is 2. The predicted octanol–water partition coefficient (Wildman–Crippen LogP) is 4.79. The summed E-state index contributed by atoms with van der Waals surface area (Å²) in [4.78, 5) is 56.8. The number of nitrogens with zero attached hydrogens (tertiary/aromatic N) is 5. The molecule has 3 atom stereocenters. The van der Waals surface area contributed by atoms with Crippen LogP contribution in [-0.4, -0.2) is 89.7 Å². The monoisotopic (exact) mass is 757 g/mol. The minimum atomic E-state index is -0.262. The molecule has 3 amide bonds. The van der Waals surface area contributed by atoms with E-state index in [1.165, 1.54) is 15.9 Å².